The Bertz CT molecular complexity index is 660. The van der Waals surface area contributed by atoms with Gasteiger partial charge in [0.05, 0.1) is 27.4 Å². The summed E-state index contributed by atoms with van der Waals surface area (Å²) in [6, 6.07) is 7.05. The molecule has 1 aromatic carbocycles. The van der Waals surface area contributed by atoms with Crippen LogP contribution in [-0.4, -0.2) is 64.5 Å². The lowest BCUT2D eigenvalue weighted by Crippen LogP contribution is -2.38. The first-order valence-corrected chi connectivity index (χ1v) is 7.99. The van der Waals surface area contributed by atoms with E-state index in [0.29, 0.717) is 23.7 Å². The fraction of sp³-hybridized carbons (Fsp3) is 0.444. The van der Waals surface area contributed by atoms with Gasteiger partial charge >= 0.3 is 5.97 Å². The molecule has 0 bridgehead atoms. The van der Waals surface area contributed by atoms with Crippen molar-refractivity contribution >= 4 is 12.0 Å². The predicted octanol–water partition coefficient (Wildman–Crippen LogP) is 1.49. The number of hydrogen-bond donors (Lipinski definition) is 0. The van der Waals surface area contributed by atoms with E-state index in [-0.39, 0.29) is 5.57 Å². The van der Waals surface area contributed by atoms with Gasteiger partial charge in [-0.25, -0.2) is 4.79 Å². The zero-order valence-electron chi connectivity index (χ0n) is 14.5. The van der Waals surface area contributed by atoms with Crippen LogP contribution in [0.3, 0.4) is 0 Å². The highest BCUT2D eigenvalue weighted by Gasteiger charge is 2.12. The third kappa shape index (κ3) is 5.48. The molecule has 0 atom stereocenters. The third-order valence-electron chi connectivity index (χ3n) is 3.79. The van der Waals surface area contributed by atoms with Gasteiger partial charge in [-0.15, -0.1) is 0 Å². The number of methoxy groups -OCH3 is 2. The lowest BCUT2D eigenvalue weighted by molar-refractivity contribution is -0.135. The number of carbonyl (C=O) groups excluding carboxylic acids is 1. The lowest BCUT2D eigenvalue weighted by Gasteiger charge is -2.26. The number of hydrogen-bond acceptors (Lipinski definition) is 7. The van der Waals surface area contributed by atoms with E-state index in [4.69, 9.17) is 19.5 Å². The minimum absolute atomic E-state index is 0.0782. The average molecular weight is 346 g/mol. The van der Waals surface area contributed by atoms with Crippen molar-refractivity contribution in [2.45, 2.75) is 0 Å². The van der Waals surface area contributed by atoms with Gasteiger partial charge in [0.1, 0.15) is 18.2 Å². The summed E-state index contributed by atoms with van der Waals surface area (Å²) in [6.07, 6.45) is 1.45. The summed E-state index contributed by atoms with van der Waals surface area (Å²) < 4.78 is 21.0. The van der Waals surface area contributed by atoms with Crippen molar-refractivity contribution in [3.63, 3.8) is 0 Å². The molecule has 1 aromatic rings. The molecule has 7 heteroatoms. The van der Waals surface area contributed by atoms with Crippen molar-refractivity contribution in [1.29, 1.82) is 5.26 Å². The Hall–Kier alpha value is -2.56. The molecule has 0 saturated carbocycles. The van der Waals surface area contributed by atoms with Crippen LogP contribution in [0, 0.1) is 11.3 Å². The summed E-state index contributed by atoms with van der Waals surface area (Å²) >= 11 is 0. The standard InChI is InChI=1S/C18H22N2O5/c1-22-17-12-14(11-15(13-19)18(21)23-2)3-4-16(17)25-10-7-20-5-8-24-9-6-20/h3-4,11-12H,5-10H2,1-2H3/b15-11+. The monoisotopic (exact) mass is 346 g/mol. The van der Waals surface area contributed by atoms with E-state index in [9.17, 15) is 4.79 Å². The minimum atomic E-state index is -0.674. The number of morpholine rings is 1. The Morgan fingerprint density at radius 2 is 2.08 bits per heavy atom. The van der Waals surface area contributed by atoms with Crippen LogP contribution in [0.15, 0.2) is 23.8 Å². The lowest BCUT2D eigenvalue weighted by atomic mass is 10.1. The second-order valence-electron chi connectivity index (χ2n) is 5.37. The molecule has 1 heterocycles. The second-order valence-corrected chi connectivity index (χ2v) is 5.37. The van der Waals surface area contributed by atoms with E-state index in [1.807, 2.05) is 6.07 Å². The Morgan fingerprint density at radius 1 is 1.32 bits per heavy atom. The molecule has 134 valence electrons. The Labute approximate surface area is 147 Å². The van der Waals surface area contributed by atoms with Crippen LogP contribution in [0.4, 0.5) is 0 Å². The highest BCUT2D eigenvalue weighted by atomic mass is 16.5. The normalized spacial score (nSPS) is 15.3. The van der Waals surface area contributed by atoms with Gasteiger partial charge in [-0.1, -0.05) is 6.07 Å². The zero-order chi connectivity index (χ0) is 18.1. The largest absolute Gasteiger partial charge is 0.493 e. The number of rotatable bonds is 7. The first kappa shape index (κ1) is 18.8. The van der Waals surface area contributed by atoms with Gasteiger partial charge in [0.25, 0.3) is 0 Å². The average Bonchev–Trinajstić information content (AvgIpc) is 2.67. The topological polar surface area (TPSA) is 81.0 Å². The molecule has 1 saturated heterocycles. The summed E-state index contributed by atoms with van der Waals surface area (Å²) in [7, 11) is 2.78. The summed E-state index contributed by atoms with van der Waals surface area (Å²) in [4.78, 5) is 13.8. The SMILES string of the molecule is COC(=O)/C(C#N)=C/c1ccc(OCCN2CCOCC2)c(OC)c1. The molecule has 7 nitrogen and oxygen atoms in total. The quantitative estimate of drug-likeness (QED) is 0.420. The smallest absolute Gasteiger partial charge is 0.348 e. The van der Waals surface area contributed by atoms with E-state index in [1.54, 1.807) is 25.3 Å². The van der Waals surface area contributed by atoms with Gasteiger partial charge < -0.3 is 18.9 Å². The first-order chi connectivity index (χ1) is 12.2. The summed E-state index contributed by atoms with van der Waals surface area (Å²) in [5, 5.41) is 9.02. The third-order valence-corrected chi connectivity index (χ3v) is 3.79. The maximum Gasteiger partial charge on any atom is 0.348 e. The van der Waals surface area contributed by atoms with Crippen molar-refractivity contribution in [2.24, 2.45) is 0 Å². The zero-order valence-corrected chi connectivity index (χ0v) is 14.5. The molecule has 0 spiro atoms. The molecule has 1 fully saturated rings. The van der Waals surface area contributed by atoms with Crippen LogP contribution in [-0.2, 0) is 14.3 Å². The van der Waals surface area contributed by atoms with E-state index in [2.05, 4.69) is 9.64 Å². The van der Waals surface area contributed by atoms with Gasteiger partial charge in [-0.3, -0.25) is 4.90 Å². The molecule has 0 unspecified atom stereocenters. The molecule has 0 N–H and O–H groups in total. The summed E-state index contributed by atoms with van der Waals surface area (Å²) in [6.45, 7) is 4.69. The van der Waals surface area contributed by atoms with Gasteiger partial charge in [0.15, 0.2) is 11.5 Å². The number of ether oxygens (including phenoxy) is 4. The van der Waals surface area contributed by atoms with E-state index < -0.39 is 5.97 Å². The molecule has 1 aliphatic rings. The molecule has 0 amide bonds. The number of nitriles is 1. The Kier molecular flexibility index (Phi) is 7.26. The maximum atomic E-state index is 11.5. The maximum absolute atomic E-state index is 11.5. The second kappa shape index (κ2) is 9.67. The number of benzene rings is 1. The van der Waals surface area contributed by atoms with Crippen molar-refractivity contribution in [3.8, 4) is 17.6 Å². The van der Waals surface area contributed by atoms with Crippen molar-refractivity contribution in [3.05, 3.63) is 29.3 Å². The number of carbonyl (C=O) groups is 1. The molecular weight excluding hydrogens is 324 g/mol. The molecule has 1 aliphatic heterocycles. The summed E-state index contributed by atoms with van der Waals surface area (Å²) in [5.41, 5.74) is 0.574. The molecule has 0 aliphatic carbocycles. The molecule has 0 aromatic heterocycles. The highest BCUT2D eigenvalue weighted by Crippen LogP contribution is 2.29. The molecule has 2 rings (SSSR count). The van der Waals surface area contributed by atoms with E-state index >= 15 is 0 Å². The molecular formula is C18H22N2O5. The van der Waals surface area contributed by atoms with Crippen LogP contribution in [0.5, 0.6) is 11.5 Å². The van der Waals surface area contributed by atoms with Crippen molar-refractivity contribution < 1.29 is 23.7 Å². The van der Waals surface area contributed by atoms with Crippen LogP contribution in [0.25, 0.3) is 6.08 Å². The minimum Gasteiger partial charge on any atom is -0.493 e. The highest BCUT2D eigenvalue weighted by molar-refractivity contribution is 5.97. The van der Waals surface area contributed by atoms with Gasteiger partial charge in [0.2, 0.25) is 0 Å². The van der Waals surface area contributed by atoms with Crippen LogP contribution >= 0.6 is 0 Å². The van der Waals surface area contributed by atoms with Crippen molar-refractivity contribution in [1.82, 2.24) is 4.90 Å². The summed E-state index contributed by atoms with van der Waals surface area (Å²) in [5.74, 6) is 0.481. The molecule has 0 radical (unpaired) electrons. The van der Waals surface area contributed by atoms with Gasteiger partial charge in [0, 0.05) is 19.6 Å². The van der Waals surface area contributed by atoms with E-state index in [0.717, 1.165) is 32.8 Å². The predicted molar refractivity (Wildman–Crippen MR) is 91.4 cm³/mol. The number of nitrogens with zero attached hydrogens (tertiary/aromatic N) is 2. The van der Waals surface area contributed by atoms with Crippen LogP contribution in [0.1, 0.15) is 5.56 Å². The Balaban J connectivity index is 2.02. The first-order valence-electron chi connectivity index (χ1n) is 7.99. The fourth-order valence-corrected chi connectivity index (χ4v) is 2.42. The Morgan fingerprint density at radius 3 is 2.72 bits per heavy atom. The number of esters is 1. The van der Waals surface area contributed by atoms with E-state index in [1.165, 1.54) is 13.2 Å². The van der Waals surface area contributed by atoms with Crippen LogP contribution < -0.4 is 9.47 Å². The fourth-order valence-electron chi connectivity index (χ4n) is 2.42. The van der Waals surface area contributed by atoms with Crippen molar-refractivity contribution in [2.75, 3.05) is 53.7 Å². The molecule has 25 heavy (non-hydrogen) atoms. The van der Waals surface area contributed by atoms with Crippen LogP contribution in [0.2, 0.25) is 0 Å². The van der Waals surface area contributed by atoms with Gasteiger partial charge in [-0.05, 0) is 23.8 Å². The van der Waals surface area contributed by atoms with Gasteiger partial charge in [-0.2, -0.15) is 5.26 Å².